The fourth-order valence-electron chi connectivity index (χ4n) is 2.09. The lowest BCUT2D eigenvalue weighted by molar-refractivity contribution is 0.626. The number of hydrogen-bond acceptors (Lipinski definition) is 3. The molecule has 0 N–H and O–H groups in total. The second-order valence-corrected chi connectivity index (χ2v) is 5.57. The maximum Gasteiger partial charge on any atom is 0.123 e. The highest BCUT2D eigenvalue weighted by Gasteiger charge is 2.06. The first-order chi connectivity index (χ1) is 10.2. The molecule has 0 bridgehead atoms. The minimum absolute atomic E-state index is 0.231. The van der Waals surface area contributed by atoms with E-state index in [1.165, 1.54) is 12.1 Å². The van der Waals surface area contributed by atoms with Crippen molar-refractivity contribution < 1.29 is 4.39 Å². The van der Waals surface area contributed by atoms with Gasteiger partial charge in [0.25, 0.3) is 0 Å². The standard InChI is InChI=1S/C17H11FN2S/c18-15-6-2-3-12(8-15)9-17-20-16(11-21-17)14-5-1-4-13(7-14)10-19/h1-8,11H,9H2. The number of nitriles is 1. The third-order valence-corrected chi connectivity index (χ3v) is 3.93. The van der Waals surface area contributed by atoms with Crippen molar-refractivity contribution in [3.05, 3.63) is 75.9 Å². The lowest BCUT2D eigenvalue weighted by Gasteiger charge is -1.98. The second kappa shape index (κ2) is 5.86. The van der Waals surface area contributed by atoms with E-state index in [4.69, 9.17) is 5.26 Å². The topological polar surface area (TPSA) is 36.7 Å². The van der Waals surface area contributed by atoms with Crippen LogP contribution < -0.4 is 0 Å². The number of rotatable bonds is 3. The molecule has 0 aliphatic rings. The van der Waals surface area contributed by atoms with Gasteiger partial charge in [-0.1, -0.05) is 24.3 Å². The van der Waals surface area contributed by atoms with Gasteiger partial charge in [-0.3, -0.25) is 0 Å². The van der Waals surface area contributed by atoms with Crippen LogP contribution in [-0.4, -0.2) is 4.98 Å². The van der Waals surface area contributed by atoms with Gasteiger partial charge in [0.2, 0.25) is 0 Å². The summed E-state index contributed by atoms with van der Waals surface area (Å²) >= 11 is 1.54. The molecule has 1 aromatic heterocycles. The first-order valence-electron chi connectivity index (χ1n) is 6.44. The van der Waals surface area contributed by atoms with Crippen molar-refractivity contribution in [1.82, 2.24) is 4.98 Å². The average molecular weight is 294 g/mol. The van der Waals surface area contributed by atoms with Gasteiger partial charge in [0.05, 0.1) is 22.3 Å². The molecule has 0 amide bonds. The second-order valence-electron chi connectivity index (χ2n) is 4.63. The molecule has 0 spiro atoms. The Morgan fingerprint density at radius 3 is 2.81 bits per heavy atom. The van der Waals surface area contributed by atoms with Gasteiger partial charge in [0.1, 0.15) is 5.82 Å². The fraction of sp³-hybridized carbons (Fsp3) is 0.0588. The molecular weight excluding hydrogens is 283 g/mol. The van der Waals surface area contributed by atoms with Crippen molar-refractivity contribution in [2.75, 3.05) is 0 Å². The predicted octanol–water partition coefficient (Wildman–Crippen LogP) is 4.41. The van der Waals surface area contributed by atoms with Gasteiger partial charge in [0, 0.05) is 17.4 Å². The number of nitrogens with zero attached hydrogens (tertiary/aromatic N) is 2. The molecule has 0 saturated heterocycles. The Labute approximate surface area is 126 Å². The van der Waals surface area contributed by atoms with Crippen molar-refractivity contribution in [3.63, 3.8) is 0 Å². The molecule has 0 fully saturated rings. The van der Waals surface area contributed by atoms with Gasteiger partial charge in [-0.05, 0) is 29.8 Å². The quantitative estimate of drug-likeness (QED) is 0.717. The van der Waals surface area contributed by atoms with Crippen molar-refractivity contribution in [1.29, 1.82) is 5.26 Å². The predicted molar refractivity (Wildman–Crippen MR) is 81.5 cm³/mol. The van der Waals surface area contributed by atoms with E-state index in [9.17, 15) is 4.39 Å². The molecule has 0 radical (unpaired) electrons. The van der Waals surface area contributed by atoms with Crippen LogP contribution in [0.25, 0.3) is 11.3 Å². The third kappa shape index (κ3) is 3.15. The summed E-state index contributed by atoms with van der Waals surface area (Å²) in [6.07, 6.45) is 0.611. The minimum Gasteiger partial charge on any atom is -0.241 e. The molecule has 0 atom stereocenters. The Morgan fingerprint density at radius 2 is 2.00 bits per heavy atom. The van der Waals surface area contributed by atoms with Crippen LogP contribution in [0, 0.1) is 17.1 Å². The lowest BCUT2D eigenvalue weighted by Crippen LogP contribution is -1.88. The first kappa shape index (κ1) is 13.5. The van der Waals surface area contributed by atoms with E-state index < -0.39 is 0 Å². The zero-order valence-electron chi connectivity index (χ0n) is 11.1. The van der Waals surface area contributed by atoms with Gasteiger partial charge >= 0.3 is 0 Å². The van der Waals surface area contributed by atoms with E-state index in [1.54, 1.807) is 23.5 Å². The summed E-state index contributed by atoms with van der Waals surface area (Å²) in [5.41, 5.74) is 3.30. The zero-order valence-corrected chi connectivity index (χ0v) is 11.9. The highest BCUT2D eigenvalue weighted by atomic mass is 32.1. The van der Waals surface area contributed by atoms with Gasteiger partial charge in [-0.2, -0.15) is 5.26 Å². The molecule has 2 aromatic carbocycles. The van der Waals surface area contributed by atoms with E-state index in [-0.39, 0.29) is 5.82 Å². The van der Waals surface area contributed by atoms with Crippen LogP contribution in [0.1, 0.15) is 16.1 Å². The smallest absolute Gasteiger partial charge is 0.123 e. The maximum absolute atomic E-state index is 13.2. The molecular formula is C17H11FN2S. The lowest BCUT2D eigenvalue weighted by atomic mass is 10.1. The molecule has 0 unspecified atom stereocenters. The Bertz CT molecular complexity index is 817. The van der Waals surface area contributed by atoms with Gasteiger partial charge < -0.3 is 0 Å². The molecule has 21 heavy (non-hydrogen) atoms. The van der Waals surface area contributed by atoms with Gasteiger partial charge in [-0.15, -0.1) is 11.3 Å². The van der Waals surface area contributed by atoms with Crippen LogP contribution >= 0.6 is 11.3 Å². The average Bonchev–Trinajstić information content (AvgIpc) is 2.96. The summed E-state index contributed by atoms with van der Waals surface area (Å²) in [4.78, 5) is 4.57. The van der Waals surface area contributed by atoms with Crippen LogP contribution in [0.5, 0.6) is 0 Å². The SMILES string of the molecule is N#Cc1cccc(-c2csc(Cc3cccc(F)c3)n2)c1. The van der Waals surface area contributed by atoms with Crippen molar-refractivity contribution in [2.45, 2.75) is 6.42 Å². The molecule has 0 saturated carbocycles. The number of aromatic nitrogens is 1. The summed E-state index contributed by atoms with van der Waals surface area (Å²) in [6.45, 7) is 0. The Balaban J connectivity index is 1.85. The number of halogens is 1. The van der Waals surface area contributed by atoms with E-state index >= 15 is 0 Å². The largest absolute Gasteiger partial charge is 0.241 e. The minimum atomic E-state index is -0.231. The molecule has 0 aliphatic heterocycles. The van der Waals surface area contributed by atoms with Crippen LogP contribution in [0.4, 0.5) is 4.39 Å². The molecule has 4 heteroatoms. The summed E-state index contributed by atoms with van der Waals surface area (Å²) < 4.78 is 13.2. The summed E-state index contributed by atoms with van der Waals surface area (Å²) in [5.74, 6) is -0.231. The van der Waals surface area contributed by atoms with Gasteiger partial charge in [0.15, 0.2) is 0 Å². The van der Waals surface area contributed by atoms with Crippen LogP contribution in [-0.2, 0) is 6.42 Å². The molecule has 2 nitrogen and oxygen atoms in total. The maximum atomic E-state index is 13.2. The van der Waals surface area contributed by atoms with E-state index in [1.807, 2.05) is 29.6 Å². The van der Waals surface area contributed by atoms with E-state index in [0.29, 0.717) is 12.0 Å². The highest BCUT2D eigenvalue weighted by molar-refractivity contribution is 7.10. The molecule has 102 valence electrons. The molecule has 3 rings (SSSR count). The Hall–Kier alpha value is -2.51. The Morgan fingerprint density at radius 1 is 1.14 bits per heavy atom. The van der Waals surface area contributed by atoms with Crippen molar-refractivity contribution >= 4 is 11.3 Å². The fourth-order valence-corrected chi connectivity index (χ4v) is 2.93. The molecule has 3 aromatic rings. The monoisotopic (exact) mass is 294 g/mol. The molecule has 0 aliphatic carbocycles. The summed E-state index contributed by atoms with van der Waals surface area (Å²) in [7, 11) is 0. The van der Waals surface area contributed by atoms with Crippen LogP contribution in [0.15, 0.2) is 53.9 Å². The van der Waals surface area contributed by atoms with E-state index in [2.05, 4.69) is 11.1 Å². The summed E-state index contributed by atoms with van der Waals surface area (Å²) in [6, 6.07) is 16.0. The normalized spacial score (nSPS) is 10.3. The van der Waals surface area contributed by atoms with Gasteiger partial charge in [-0.25, -0.2) is 9.37 Å². The van der Waals surface area contributed by atoms with E-state index in [0.717, 1.165) is 21.8 Å². The molecule has 1 heterocycles. The Kier molecular flexibility index (Phi) is 3.76. The van der Waals surface area contributed by atoms with Crippen molar-refractivity contribution in [2.24, 2.45) is 0 Å². The number of thiazole rings is 1. The first-order valence-corrected chi connectivity index (χ1v) is 7.32. The zero-order chi connectivity index (χ0) is 14.7. The van der Waals surface area contributed by atoms with Crippen LogP contribution in [0.3, 0.4) is 0 Å². The number of benzene rings is 2. The van der Waals surface area contributed by atoms with Crippen molar-refractivity contribution in [3.8, 4) is 17.3 Å². The van der Waals surface area contributed by atoms with Crippen LogP contribution in [0.2, 0.25) is 0 Å². The third-order valence-electron chi connectivity index (χ3n) is 3.08. The highest BCUT2D eigenvalue weighted by Crippen LogP contribution is 2.24. The number of hydrogen-bond donors (Lipinski definition) is 0. The summed E-state index contributed by atoms with van der Waals surface area (Å²) in [5, 5.41) is 11.8.